The highest BCUT2D eigenvalue weighted by Crippen LogP contribution is 2.23. The van der Waals surface area contributed by atoms with E-state index in [1.807, 2.05) is 0 Å². The highest BCUT2D eigenvalue weighted by molar-refractivity contribution is 4.75. The van der Waals surface area contributed by atoms with Gasteiger partial charge in [-0.15, -0.1) is 0 Å². The molecule has 1 fully saturated rings. The molecule has 0 saturated heterocycles. The molecule has 0 aromatic carbocycles. The molecule has 3 nitrogen and oxygen atoms in total. The molecule has 1 rings (SSSR count). The van der Waals surface area contributed by atoms with Gasteiger partial charge < -0.3 is 14.8 Å². The van der Waals surface area contributed by atoms with Crippen LogP contribution in [0.2, 0.25) is 0 Å². The summed E-state index contributed by atoms with van der Waals surface area (Å²) in [6, 6.07) is 0.659. The van der Waals surface area contributed by atoms with E-state index in [0.717, 1.165) is 12.5 Å². The Labute approximate surface area is 87.2 Å². The standard InChI is InChI=1S/C11H23NO2/c1-9-5-4-6-10(7-9)12-8-11(13-2)14-3/h9-12H,4-8H2,1-3H3. The first kappa shape index (κ1) is 12.0. The lowest BCUT2D eigenvalue weighted by Gasteiger charge is -2.28. The molecular weight excluding hydrogens is 178 g/mol. The van der Waals surface area contributed by atoms with Gasteiger partial charge in [0.2, 0.25) is 0 Å². The fraction of sp³-hybridized carbons (Fsp3) is 1.00. The zero-order chi connectivity index (χ0) is 10.4. The Bertz CT molecular complexity index is 148. The molecule has 0 heterocycles. The third kappa shape index (κ3) is 3.95. The van der Waals surface area contributed by atoms with Crippen LogP contribution in [0.1, 0.15) is 32.6 Å². The van der Waals surface area contributed by atoms with Crippen molar-refractivity contribution in [2.24, 2.45) is 5.92 Å². The van der Waals surface area contributed by atoms with Crippen molar-refractivity contribution in [1.82, 2.24) is 5.32 Å². The first-order chi connectivity index (χ1) is 6.76. The predicted molar refractivity (Wildman–Crippen MR) is 57.2 cm³/mol. The molecule has 0 radical (unpaired) electrons. The van der Waals surface area contributed by atoms with Crippen LogP contribution in [0.25, 0.3) is 0 Å². The van der Waals surface area contributed by atoms with Crippen molar-refractivity contribution in [3.05, 3.63) is 0 Å². The van der Waals surface area contributed by atoms with E-state index in [0.29, 0.717) is 6.04 Å². The topological polar surface area (TPSA) is 30.5 Å². The molecule has 1 aliphatic carbocycles. The van der Waals surface area contributed by atoms with Crippen LogP contribution < -0.4 is 5.32 Å². The number of nitrogens with one attached hydrogen (secondary N) is 1. The zero-order valence-electron chi connectivity index (χ0n) is 9.58. The molecular formula is C11H23NO2. The third-order valence-electron chi connectivity index (χ3n) is 3.04. The van der Waals surface area contributed by atoms with Crippen LogP contribution in [0, 0.1) is 5.92 Å². The molecule has 3 heteroatoms. The minimum absolute atomic E-state index is 0.104. The molecule has 0 aliphatic heterocycles. The summed E-state index contributed by atoms with van der Waals surface area (Å²) in [6.45, 7) is 3.13. The first-order valence-corrected chi connectivity index (χ1v) is 5.55. The fourth-order valence-electron chi connectivity index (χ4n) is 2.15. The molecule has 2 unspecified atom stereocenters. The Kier molecular flexibility index (Phi) is 5.45. The van der Waals surface area contributed by atoms with Crippen molar-refractivity contribution in [2.75, 3.05) is 20.8 Å². The normalized spacial score (nSPS) is 28.3. The van der Waals surface area contributed by atoms with Gasteiger partial charge in [0.1, 0.15) is 0 Å². The van der Waals surface area contributed by atoms with E-state index in [1.54, 1.807) is 14.2 Å². The van der Waals surface area contributed by atoms with Gasteiger partial charge in [0.05, 0.1) is 0 Å². The molecule has 2 atom stereocenters. The van der Waals surface area contributed by atoms with Crippen LogP contribution in [0.3, 0.4) is 0 Å². The van der Waals surface area contributed by atoms with Crippen molar-refractivity contribution in [2.45, 2.75) is 44.9 Å². The molecule has 1 saturated carbocycles. The summed E-state index contributed by atoms with van der Waals surface area (Å²) in [7, 11) is 3.36. The molecule has 1 aliphatic rings. The van der Waals surface area contributed by atoms with Crippen molar-refractivity contribution in [3.8, 4) is 0 Å². The van der Waals surface area contributed by atoms with Crippen molar-refractivity contribution >= 4 is 0 Å². The van der Waals surface area contributed by atoms with E-state index < -0.39 is 0 Å². The van der Waals surface area contributed by atoms with Crippen LogP contribution in [0.15, 0.2) is 0 Å². The average molecular weight is 201 g/mol. The predicted octanol–water partition coefficient (Wildman–Crippen LogP) is 1.77. The van der Waals surface area contributed by atoms with Crippen LogP contribution in [0.4, 0.5) is 0 Å². The van der Waals surface area contributed by atoms with E-state index in [4.69, 9.17) is 9.47 Å². The minimum atomic E-state index is -0.104. The third-order valence-corrected chi connectivity index (χ3v) is 3.04. The lowest BCUT2D eigenvalue weighted by Crippen LogP contribution is -2.39. The maximum atomic E-state index is 5.13. The molecule has 0 aromatic heterocycles. The van der Waals surface area contributed by atoms with Gasteiger partial charge >= 0.3 is 0 Å². The highest BCUT2D eigenvalue weighted by Gasteiger charge is 2.19. The minimum Gasteiger partial charge on any atom is -0.355 e. The van der Waals surface area contributed by atoms with Gasteiger partial charge in [-0.3, -0.25) is 0 Å². The maximum Gasteiger partial charge on any atom is 0.169 e. The van der Waals surface area contributed by atoms with E-state index in [2.05, 4.69) is 12.2 Å². The van der Waals surface area contributed by atoms with Gasteiger partial charge in [0, 0.05) is 26.8 Å². The molecule has 0 amide bonds. The smallest absolute Gasteiger partial charge is 0.169 e. The Morgan fingerprint density at radius 2 is 2.00 bits per heavy atom. The van der Waals surface area contributed by atoms with Crippen LogP contribution >= 0.6 is 0 Å². The van der Waals surface area contributed by atoms with E-state index in [9.17, 15) is 0 Å². The Balaban J connectivity index is 2.16. The lowest BCUT2D eigenvalue weighted by atomic mass is 9.87. The molecule has 14 heavy (non-hydrogen) atoms. The second kappa shape index (κ2) is 6.38. The second-order valence-electron chi connectivity index (χ2n) is 4.28. The summed E-state index contributed by atoms with van der Waals surface area (Å²) < 4.78 is 10.3. The van der Waals surface area contributed by atoms with Gasteiger partial charge in [0.25, 0.3) is 0 Å². The van der Waals surface area contributed by atoms with Gasteiger partial charge in [-0.25, -0.2) is 0 Å². The molecule has 0 bridgehead atoms. The van der Waals surface area contributed by atoms with Crippen LogP contribution in [0.5, 0.6) is 0 Å². The highest BCUT2D eigenvalue weighted by atomic mass is 16.7. The number of hydrogen-bond donors (Lipinski definition) is 1. The number of ether oxygens (including phenoxy) is 2. The second-order valence-corrected chi connectivity index (χ2v) is 4.28. The number of rotatable bonds is 5. The van der Waals surface area contributed by atoms with Gasteiger partial charge in [-0.2, -0.15) is 0 Å². The lowest BCUT2D eigenvalue weighted by molar-refractivity contribution is -0.100. The van der Waals surface area contributed by atoms with Crippen LogP contribution in [-0.4, -0.2) is 33.1 Å². The summed E-state index contributed by atoms with van der Waals surface area (Å²) in [5, 5.41) is 3.50. The Morgan fingerprint density at radius 3 is 2.57 bits per heavy atom. The van der Waals surface area contributed by atoms with Crippen molar-refractivity contribution in [1.29, 1.82) is 0 Å². The Morgan fingerprint density at radius 1 is 1.29 bits per heavy atom. The van der Waals surface area contributed by atoms with E-state index in [-0.39, 0.29) is 6.29 Å². The number of hydrogen-bond acceptors (Lipinski definition) is 3. The summed E-state index contributed by atoms with van der Waals surface area (Å²) >= 11 is 0. The van der Waals surface area contributed by atoms with Gasteiger partial charge in [-0.05, 0) is 18.8 Å². The van der Waals surface area contributed by atoms with Crippen LogP contribution in [-0.2, 0) is 9.47 Å². The maximum absolute atomic E-state index is 5.13. The number of methoxy groups -OCH3 is 2. The Hall–Kier alpha value is -0.120. The van der Waals surface area contributed by atoms with E-state index >= 15 is 0 Å². The average Bonchev–Trinajstić information content (AvgIpc) is 2.19. The quantitative estimate of drug-likeness (QED) is 0.688. The molecule has 1 N–H and O–H groups in total. The van der Waals surface area contributed by atoms with Gasteiger partial charge in [-0.1, -0.05) is 19.8 Å². The largest absolute Gasteiger partial charge is 0.355 e. The zero-order valence-corrected chi connectivity index (χ0v) is 9.58. The van der Waals surface area contributed by atoms with E-state index in [1.165, 1.54) is 25.7 Å². The van der Waals surface area contributed by atoms with Crippen molar-refractivity contribution < 1.29 is 9.47 Å². The molecule has 84 valence electrons. The monoisotopic (exact) mass is 201 g/mol. The summed E-state index contributed by atoms with van der Waals surface area (Å²) in [4.78, 5) is 0. The van der Waals surface area contributed by atoms with Gasteiger partial charge in [0.15, 0.2) is 6.29 Å². The van der Waals surface area contributed by atoms with Crippen molar-refractivity contribution in [3.63, 3.8) is 0 Å². The molecule has 0 aromatic rings. The molecule has 0 spiro atoms. The summed E-state index contributed by atoms with van der Waals surface area (Å²) in [6.07, 6.45) is 5.22. The summed E-state index contributed by atoms with van der Waals surface area (Å²) in [5.74, 6) is 0.866. The first-order valence-electron chi connectivity index (χ1n) is 5.55. The SMILES string of the molecule is COC(CNC1CCCC(C)C1)OC. The fourth-order valence-corrected chi connectivity index (χ4v) is 2.15. The summed E-state index contributed by atoms with van der Waals surface area (Å²) in [5.41, 5.74) is 0.